The predicted molar refractivity (Wildman–Crippen MR) is 152 cm³/mol. The number of hydrazone groups is 1. The molecule has 3 atom stereocenters. The van der Waals surface area contributed by atoms with Gasteiger partial charge in [0.1, 0.15) is 11.4 Å². The van der Waals surface area contributed by atoms with Gasteiger partial charge in [-0.3, -0.25) is 9.59 Å². The number of nitrogens with one attached hydrogen (secondary N) is 1. The lowest BCUT2D eigenvalue weighted by atomic mass is 9.80. The number of benzene rings is 1. The minimum atomic E-state index is -0.952. The van der Waals surface area contributed by atoms with Crippen LogP contribution in [0, 0.1) is 11.8 Å². The van der Waals surface area contributed by atoms with Gasteiger partial charge in [0.05, 0.1) is 6.04 Å². The molecule has 0 radical (unpaired) electrons. The van der Waals surface area contributed by atoms with E-state index < -0.39 is 17.4 Å². The van der Waals surface area contributed by atoms with Crippen LogP contribution in [0.5, 0.6) is 0 Å². The van der Waals surface area contributed by atoms with Crippen LogP contribution in [0.4, 0.5) is 0 Å². The number of rotatable bonds is 9. The van der Waals surface area contributed by atoms with Crippen molar-refractivity contribution in [3.05, 3.63) is 45.8 Å². The number of nitrogens with two attached hydrogens (primary N) is 1. The van der Waals surface area contributed by atoms with E-state index in [1.165, 1.54) is 6.42 Å². The molecule has 12 heteroatoms. The molecule has 0 saturated carbocycles. The maximum absolute atomic E-state index is 12.4. The van der Waals surface area contributed by atoms with Gasteiger partial charge in [-0.1, -0.05) is 29.3 Å². The lowest BCUT2D eigenvalue weighted by Gasteiger charge is -2.48. The maximum atomic E-state index is 12.4. The maximum Gasteiger partial charge on any atom is 0.303 e. The number of amides is 1. The van der Waals surface area contributed by atoms with Gasteiger partial charge in [0.15, 0.2) is 11.5 Å². The topological polar surface area (TPSA) is 127 Å². The number of piperidine rings is 1. The van der Waals surface area contributed by atoms with Crippen molar-refractivity contribution in [2.75, 3.05) is 32.7 Å². The van der Waals surface area contributed by atoms with Gasteiger partial charge >= 0.3 is 5.97 Å². The molecule has 4 aliphatic heterocycles. The summed E-state index contributed by atoms with van der Waals surface area (Å²) in [6.45, 7) is 8.52. The Labute approximate surface area is 238 Å². The van der Waals surface area contributed by atoms with Crippen LogP contribution < -0.4 is 11.1 Å². The van der Waals surface area contributed by atoms with Crippen molar-refractivity contribution in [3.63, 3.8) is 0 Å². The first-order chi connectivity index (χ1) is 18.6. The number of halogens is 2. The third kappa shape index (κ3) is 5.47. The second kappa shape index (κ2) is 11.0. The lowest BCUT2D eigenvalue weighted by molar-refractivity contribution is -0.137. The third-order valence-electron chi connectivity index (χ3n) is 8.38. The minimum Gasteiger partial charge on any atom is -0.481 e. The average molecular weight is 577 g/mol. The van der Waals surface area contributed by atoms with E-state index in [2.05, 4.69) is 20.2 Å². The number of amidine groups is 1. The average Bonchev–Trinajstić information content (AvgIpc) is 3.16. The van der Waals surface area contributed by atoms with Crippen LogP contribution in [0.3, 0.4) is 0 Å². The van der Waals surface area contributed by atoms with Gasteiger partial charge in [-0.2, -0.15) is 5.10 Å². The number of aliphatic carboxylic acids is 1. The number of carboxylic acid groups (broad SMARTS) is 1. The van der Waals surface area contributed by atoms with Crippen LogP contribution in [0.15, 0.2) is 40.3 Å². The number of aliphatic imine (C=N–C) groups is 1. The zero-order valence-electron chi connectivity index (χ0n) is 22.2. The Kier molecular flexibility index (Phi) is 7.81. The molecule has 10 nitrogen and oxygen atoms in total. The van der Waals surface area contributed by atoms with E-state index in [0.717, 1.165) is 50.5 Å². The Hall–Kier alpha value is -2.82. The molecule has 1 aromatic carbocycles. The normalized spacial score (nSPS) is 26.2. The number of nitrogens with zero attached hydrogens (tertiary/aromatic N) is 5. The summed E-state index contributed by atoms with van der Waals surface area (Å²) in [6, 6.07) is 5.00. The molecule has 1 aromatic rings. The smallest absolute Gasteiger partial charge is 0.303 e. The van der Waals surface area contributed by atoms with Crippen molar-refractivity contribution in [1.82, 2.24) is 20.1 Å². The molecule has 5 rings (SSSR count). The molecule has 1 amide bonds. The summed E-state index contributed by atoms with van der Waals surface area (Å²) in [4.78, 5) is 32.9. The molecular weight excluding hydrogens is 541 g/mol. The first-order valence-electron chi connectivity index (χ1n) is 13.5. The zero-order valence-corrected chi connectivity index (χ0v) is 23.8. The lowest BCUT2D eigenvalue weighted by Crippen LogP contribution is -2.60. The van der Waals surface area contributed by atoms with Crippen molar-refractivity contribution in [1.29, 1.82) is 0 Å². The van der Waals surface area contributed by atoms with Crippen LogP contribution in [-0.2, 0) is 9.59 Å². The first kappa shape index (κ1) is 27.7. The van der Waals surface area contributed by atoms with E-state index in [4.69, 9.17) is 39.0 Å². The van der Waals surface area contributed by atoms with Gasteiger partial charge in [0, 0.05) is 42.3 Å². The second-order valence-electron chi connectivity index (χ2n) is 11.1. The molecule has 39 heavy (non-hydrogen) atoms. The highest BCUT2D eigenvalue weighted by Crippen LogP contribution is 2.38. The first-order valence-corrected chi connectivity index (χ1v) is 14.2. The van der Waals surface area contributed by atoms with Gasteiger partial charge in [-0.25, -0.2) is 10.0 Å². The fourth-order valence-corrected chi connectivity index (χ4v) is 6.63. The standard InChI is InChI=1S/C27H35Cl2N7O3/c1-16(20-8-7-19(28)11-21(20)29)36-26-27(2,24(33-36)25(30)39)31-12-22(32-26)35-14-18(15-35)17-5-3-9-34(13-17)10-4-6-23(37)38/h7-8,11-12,16-18,31H,3-6,9-10,13-15H2,1-2H3,(H2,30,39)(H,37,38)/t16-,17-,27?/m1/s1. The van der Waals surface area contributed by atoms with Crippen LogP contribution in [0.2, 0.25) is 10.0 Å². The summed E-state index contributed by atoms with van der Waals surface area (Å²) < 4.78 is 0. The molecule has 0 spiro atoms. The van der Waals surface area contributed by atoms with E-state index in [9.17, 15) is 9.59 Å². The molecule has 0 aliphatic carbocycles. The highest BCUT2D eigenvalue weighted by Gasteiger charge is 2.51. The van der Waals surface area contributed by atoms with Gasteiger partial charge in [-0.05, 0) is 75.7 Å². The fraction of sp³-hybridized carbons (Fsp3) is 0.556. The van der Waals surface area contributed by atoms with Gasteiger partial charge < -0.3 is 26.0 Å². The van der Waals surface area contributed by atoms with E-state index in [0.29, 0.717) is 34.1 Å². The molecule has 4 heterocycles. The van der Waals surface area contributed by atoms with Crippen molar-refractivity contribution >= 4 is 46.6 Å². The third-order valence-corrected chi connectivity index (χ3v) is 8.94. The summed E-state index contributed by atoms with van der Waals surface area (Å²) in [5, 5.41) is 19.7. The monoisotopic (exact) mass is 575 g/mol. The number of likely N-dealkylation sites (tertiary alicyclic amines) is 2. The number of hydrogen-bond acceptors (Lipinski definition) is 8. The summed E-state index contributed by atoms with van der Waals surface area (Å²) in [5.74, 6) is 1.21. The molecule has 1 unspecified atom stereocenters. The Morgan fingerprint density at radius 2 is 2.03 bits per heavy atom. The highest BCUT2D eigenvalue weighted by atomic mass is 35.5. The van der Waals surface area contributed by atoms with Gasteiger partial charge in [0.2, 0.25) is 0 Å². The summed E-state index contributed by atoms with van der Waals surface area (Å²) in [6.07, 6.45) is 5.10. The Bertz CT molecular complexity index is 1250. The van der Waals surface area contributed by atoms with Crippen molar-refractivity contribution in [2.24, 2.45) is 27.7 Å². The minimum absolute atomic E-state index is 0.195. The largest absolute Gasteiger partial charge is 0.481 e. The second-order valence-corrected chi connectivity index (χ2v) is 11.9. The quantitative estimate of drug-likeness (QED) is 0.412. The van der Waals surface area contributed by atoms with Gasteiger partial charge in [-0.15, -0.1) is 0 Å². The van der Waals surface area contributed by atoms with E-state index in [1.54, 1.807) is 17.1 Å². The summed E-state index contributed by atoms with van der Waals surface area (Å²) >= 11 is 12.6. The Morgan fingerprint density at radius 3 is 2.72 bits per heavy atom. The van der Waals surface area contributed by atoms with Crippen molar-refractivity contribution in [3.8, 4) is 0 Å². The number of hydrogen-bond donors (Lipinski definition) is 3. The van der Waals surface area contributed by atoms with Crippen molar-refractivity contribution in [2.45, 2.75) is 51.1 Å². The summed E-state index contributed by atoms with van der Waals surface area (Å²) in [7, 11) is 0. The van der Waals surface area contributed by atoms with Crippen LogP contribution >= 0.6 is 23.2 Å². The van der Waals surface area contributed by atoms with E-state index in [-0.39, 0.29) is 18.2 Å². The van der Waals surface area contributed by atoms with Crippen LogP contribution in [-0.4, -0.2) is 81.6 Å². The fourth-order valence-electron chi connectivity index (χ4n) is 6.07. The molecule has 2 saturated heterocycles. The molecule has 0 aromatic heterocycles. The molecule has 2 fully saturated rings. The SMILES string of the molecule is C[C@H](c1ccc(Cl)cc1Cl)N1N=C(C(N)=O)C2(C)NC=C(N3CC([C@@H]4CCCN(CCCC(=O)O)C4)C3)N=C12. The van der Waals surface area contributed by atoms with Crippen molar-refractivity contribution < 1.29 is 14.7 Å². The van der Waals surface area contributed by atoms with Crippen LogP contribution in [0.25, 0.3) is 0 Å². The van der Waals surface area contributed by atoms with E-state index in [1.807, 2.05) is 26.1 Å². The Morgan fingerprint density at radius 1 is 1.26 bits per heavy atom. The molecular formula is C27H35Cl2N7O3. The molecule has 210 valence electrons. The number of carbonyl (C=O) groups is 2. The molecule has 4 aliphatic rings. The molecule has 4 N–H and O–H groups in total. The van der Waals surface area contributed by atoms with Gasteiger partial charge in [0.25, 0.3) is 5.91 Å². The van der Waals surface area contributed by atoms with Crippen LogP contribution in [0.1, 0.15) is 51.1 Å². The number of carboxylic acids is 1. The predicted octanol–water partition coefficient (Wildman–Crippen LogP) is 3.28. The molecule has 0 bridgehead atoms. The summed E-state index contributed by atoms with van der Waals surface area (Å²) in [5.41, 5.74) is 5.78. The van der Waals surface area contributed by atoms with E-state index >= 15 is 0 Å². The highest BCUT2D eigenvalue weighted by molar-refractivity contribution is 6.48. The number of fused-ring (bicyclic) bond motifs is 1. The Balaban J connectivity index is 1.28. The number of carbonyl (C=O) groups excluding carboxylic acids is 1. The number of primary amides is 1. The zero-order chi connectivity index (χ0) is 27.9.